The van der Waals surface area contributed by atoms with E-state index >= 15 is 0 Å². The van der Waals surface area contributed by atoms with Gasteiger partial charge in [0.25, 0.3) is 0 Å². The largest absolute Gasteiger partial charge is 0.383 e. The molecule has 0 aliphatic rings. The number of rotatable bonds is 6. The second kappa shape index (κ2) is 6.43. The summed E-state index contributed by atoms with van der Waals surface area (Å²) in [6.07, 6.45) is 2.21. The van der Waals surface area contributed by atoms with E-state index in [0.717, 1.165) is 30.2 Å². The summed E-state index contributed by atoms with van der Waals surface area (Å²) in [5.74, 6) is 1.69. The average molecular weight is 223 g/mol. The summed E-state index contributed by atoms with van der Waals surface area (Å²) >= 11 is 0. The standard InChI is InChI=1S/C12H21N3O/c1-5-6-11(8-16-4)15-12-7-9(2)13-10(3)14-12/h7,11H,5-6,8H2,1-4H3,(H,13,14,15). The van der Waals surface area contributed by atoms with Crippen molar-refractivity contribution in [1.82, 2.24) is 9.97 Å². The van der Waals surface area contributed by atoms with Gasteiger partial charge in [-0.3, -0.25) is 0 Å². The molecule has 0 amide bonds. The molecule has 0 saturated heterocycles. The highest BCUT2D eigenvalue weighted by atomic mass is 16.5. The molecule has 0 spiro atoms. The first kappa shape index (κ1) is 12.9. The molecule has 1 N–H and O–H groups in total. The quantitative estimate of drug-likeness (QED) is 0.804. The van der Waals surface area contributed by atoms with Crippen LogP contribution in [0.25, 0.3) is 0 Å². The molecular formula is C12H21N3O. The highest BCUT2D eigenvalue weighted by Gasteiger charge is 2.08. The number of aromatic nitrogens is 2. The van der Waals surface area contributed by atoms with Gasteiger partial charge in [-0.05, 0) is 20.3 Å². The molecule has 90 valence electrons. The van der Waals surface area contributed by atoms with Gasteiger partial charge in [-0.15, -0.1) is 0 Å². The highest BCUT2D eigenvalue weighted by molar-refractivity contribution is 5.36. The molecule has 1 aromatic heterocycles. The smallest absolute Gasteiger partial charge is 0.130 e. The molecule has 1 unspecified atom stereocenters. The van der Waals surface area contributed by atoms with Crippen molar-refractivity contribution in [2.24, 2.45) is 0 Å². The first-order valence-corrected chi connectivity index (χ1v) is 5.73. The van der Waals surface area contributed by atoms with Gasteiger partial charge >= 0.3 is 0 Å². The molecule has 0 aliphatic heterocycles. The number of ether oxygens (including phenoxy) is 1. The maximum absolute atomic E-state index is 5.18. The Morgan fingerprint density at radius 1 is 1.38 bits per heavy atom. The van der Waals surface area contributed by atoms with Gasteiger partial charge in [-0.1, -0.05) is 13.3 Å². The normalized spacial score (nSPS) is 12.5. The van der Waals surface area contributed by atoms with Crippen molar-refractivity contribution in [3.05, 3.63) is 17.6 Å². The van der Waals surface area contributed by atoms with Gasteiger partial charge in [0.05, 0.1) is 12.6 Å². The van der Waals surface area contributed by atoms with Gasteiger partial charge in [0.15, 0.2) is 0 Å². The summed E-state index contributed by atoms with van der Waals surface area (Å²) < 4.78 is 5.18. The first-order valence-electron chi connectivity index (χ1n) is 5.73. The Balaban J connectivity index is 2.68. The van der Waals surface area contributed by atoms with Crippen LogP contribution in [0.5, 0.6) is 0 Å². The van der Waals surface area contributed by atoms with Crippen molar-refractivity contribution in [2.45, 2.75) is 39.7 Å². The molecule has 4 heteroatoms. The van der Waals surface area contributed by atoms with Gasteiger partial charge in [0, 0.05) is 18.9 Å². The number of anilines is 1. The summed E-state index contributed by atoms with van der Waals surface area (Å²) in [5.41, 5.74) is 0.989. The molecule has 0 aromatic carbocycles. The Hall–Kier alpha value is -1.16. The van der Waals surface area contributed by atoms with Crippen LogP contribution < -0.4 is 5.32 Å². The van der Waals surface area contributed by atoms with E-state index in [1.54, 1.807) is 7.11 Å². The highest BCUT2D eigenvalue weighted by Crippen LogP contribution is 2.10. The van der Waals surface area contributed by atoms with E-state index < -0.39 is 0 Å². The Morgan fingerprint density at radius 3 is 2.69 bits per heavy atom. The number of methoxy groups -OCH3 is 1. The predicted molar refractivity (Wildman–Crippen MR) is 65.7 cm³/mol. The molecule has 1 heterocycles. The van der Waals surface area contributed by atoms with Crippen LogP contribution in [-0.4, -0.2) is 29.7 Å². The van der Waals surface area contributed by atoms with Crippen LogP contribution in [0.4, 0.5) is 5.82 Å². The molecule has 0 bridgehead atoms. The molecule has 16 heavy (non-hydrogen) atoms. The average Bonchev–Trinajstić information content (AvgIpc) is 2.16. The van der Waals surface area contributed by atoms with Gasteiger partial charge in [0.1, 0.15) is 11.6 Å². The summed E-state index contributed by atoms with van der Waals surface area (Å²) in [5, 5.41) is 3.39. The van der Waals surface area contributed by atoms with Crippen molar-refractivity contribution < 1.29 is 4.74 Å². The fourth-order valence-corrected chi connectivity index (χ4v) is 1.75. The Kier molecular flexibility index (Phi) is 5.19. The van der Waals surface area contributed by atoms with E-state index in [-0.39, 0.29) is 0 Å². The van der Waals surface area contributed by atoms with E-state index in [1.165, 1.54) is 0 Å². The zero-order valence-electron chi connectivity index (χ0n) is 10.6. The number of nitrogens with one attached hydrogen (secondary N) is 1. The van der Waals surface area contributed by atoms with Crippen molar-refractivity contribution in [3.63, 3.8) is 0 Å². The first-order chi connectivity index (χ1) is 7.65. The molecule has 1 rings (SSSR count). The van der Waals surface area contributed by atoms with E-state index in [0.29, 0.717) is 12.6 Å². The minimum absolute atomic E-state index is 0.323. The molecule has 1 aromatic rings. The Bertz CT molecular complexity index is 302. The van der Waals surface area contributed by atoms with Crippen LogP contribution in [-0.2, 0) is 4.74 Å². The van der Waals surface area contributed by atoms with Gasteiger partial charge in [-0.25, -0.2) is 9.97 Å². The predicted octanol–water partition coefficient (Wildman–Crippen LogP) is 2.32. The van der Waals surface area contributed by atoms with Crippen LogP contribution in [0.1, 0.15) is 31.3 Å². The van der Waals surface area contributed by atoms with Crippen LogP contribution in [0.3, 0.4) is 0 Å². The van der Waals surface area contributed by atoms with Crippen LogP contribution in [0, 0.1) is 13.8 Å². The summed E-state index contributed by atoms with van der Waals surface area (Å²) in [4.78, 5) is 8.61. The van der Waals surface area contributed by atoms with Crippen molar-refractivity contribution in [1.29, 1.82) is 0 Å². The summed E-state index contributed by atoms with van der Waals surface area (Å²) in [6.45, 7) is 6.76. The third-order valence-corrected chi connectivity index (χ3v) is 2.32. The molecule has 0 aliphatic carbocycles. The van der Waals surface area contributed by atoms with E-state index in [1.807, 2.05) is 19.9 Å². The molecule has 4 nitrogen and oxygen atoms in total. The van der Waals surface area contributed by atoms with E-state index in [9.17, 15) is 0 Å². The van der Waals surface area contributed by atoms with E-state index in [4.69, 9.17) is 4.74 Å². The van der Waals surface area contributed by atoms with Crippen molar-refractivity contribution in [3.8, 4) is 0 Å². The Morgan fingerprint density at radius 2 is 2.12 bits per heavy atom. The fraction of sp³-hybridized carbons (Fsp3) is 0.667. The van der Waals surface area contributed by atoms with Crippen LogP contribution in [0.15, 0.2) is 6.07 Å². The number of nitrogens with zero attached hydrogens (tertiary/aromatic N) is 2. The lowest BCUT2D eigenvalue weighted by atomic mass is 10.2. The lowest BCUT2D eigenvalue weighted by molar-refractivity contribution is 0.182. The lowest BCUT2D eigenvalue weighted by Crippen LogP contribution is -2.25. The zero-order valence-corrected chi connectivity index (χ0v) is 10.6. The second-order valence-corrected chi connectivity index (χ2v) is 4.03. The van der Waals surface area contributed by atoms with Gasteiger partial charge < -0.3 is 10.1 Å². The van der Waals surface area contributed by atoms with Crippen LogP contribution >= 0.6 is 0 Å². The second-order valence-electron chi connectivity index (χ2n) is 4.03. The third-order valence-electron chi connectivity index (χ3n) is 2.32. The minimum atomic E-state index is 0.323. The summed E-state index contributed by atoms with van der Waals surface area (Å²) in [7, 11) is 1.72. The van der Waals surface area contributed by atoms with Gasteiger partial charge in [0.2, 0.25) is 0 Å². The summed E-state index contributed by atoms with van der Waals surface area (Å²) in [6, 6.07) is 2.29. The van der Waals surface area contributed by atoms with Crippen LogP contribution in [0.2, 0.25) is 0 Å². The minimum Gasteiger partial charge on any atom is -0.383 e. The fourth-order valence-electron chi connectivity index (χ4n) is 1.75. The van der Waals surface area contributed by atoms with E-state index in [2.05, 4.69) is 22.2 Å². The van der Waals surface area contributed by atoms with Gasteiger partial charge in [-0.2, -0.15) is 0 Å². The molecule has 0 saturated carbocycles. The topological polar surface area (TPSA) is 47.0 Å². The van der Waals surface area contributed by atoms with Crippen molar-refractivity contribution in [2.75, 3.05) is 19.0 Å². The zero-order chi connectivity index (χ0) is 12.0. The molecule has 1 atom stereocenters. The maximum Gasteiger partial charge on any atom is 0.130 e. The third kappa shape index (κ3) is 4.14. The number of hydrogen-bond donors (Lipinski definition) is 1. The maximum atomic E-state index is 5.18. The lowest BCUT2D eigenvalue weighted by Gasteiger charge is -2.18. The van der Waals surface area contributed by atoms with Crippen molar-refractivity contribution >= 4 is 5.82 Å². The molecular weight excluding hydrogens is 202 g/mol. The number of aryl methyl sites for hydroxylation is 2. The molecule has 0 fully saturated rings. The number of hydrogen-bond acceptors (Lipinski definition) is 4. The Labute approximate surface area is 97.5 Å². The SMILES string of the molecule is CCCC(COC)Nc1cc(C)nc(C)n1. The molecule has 0 radical (unpaired) electrons. The monoisotopic (exact) mass is 223 g/mol.